The lowest BCUT2D eigenvalue weighted by Crippen LogP contribution is -2.17. The van der Waals surface area contributed by atoms with Gasteiger partial charge in [-0.15, -0.1) is 11.3 Å². The molecule has 0 N–H and O–H groups in total. The van der Waals surface area contributed by atoms with E-state index in [4.69, 9.17) is 0 Å². The highest BCUT2D eigenvalue weighted by atomic mass is 32.1. The van der Waals surface area contributed by atoms with Crippen LogP contribution in [0.15, 0.2) is 164 Å². The van der Waals surface area contributed by atoms with Crippen molar-refractivity contribution < 1.29 is 0 Å². The van der Waals surface area contributed by atoms with Crippen LogP contribution in [-0.4, -0.2) is 0 Å². The third-order valence-electron chi connectivity index (χ3n) is 12.4. The van der Waals surface area contributed by atoms with Gasteiger partial charge in [-0.1, -0.05) is 155 Å². The summed E-state index contributed by atoms with van der Waals surface area (Å²) in [5.74, 6) is 0. The average Bonchev–Trinajstić information content (AvgIpc) is 3.73. The van der Waals surface area contributed by atoms with Crippen molar-refractivity contribution in [2.24, 2.45) is 0 Å². The highest BCUT2D eigenvalue weighted by Crippen LogP contribution is 2.54. The van der Waals surface area contributed by atoms with E-state index < -0.39 is 0 Å². The third kappa shape index (κ3) is 5.99. The number of hydrogen-bond acceptors (Lipinski definition) is 4. The summed E-state index contributed by atoms with van der Waals surface area (Å²) >= 11 is 1.72. The molecule has 0 saturated heterocycles. The zero-order valence-electron chi connectivity index (χ0n) is 33.5. The molecule has 10 rings (SSSR count). The molecule has 8 aromatic carbocycles. The Morgan fingerprint density at radius 2 is 1.10 bits per heavy atom. The highest BCUT2D eigenvalue weighted by molar-refractivity contribution is 7.26. The smallest absolute Gasteiger partial charge is 0.101 e. The summed E-state index contributed by atoms with van der Waals surface area (Å²) in [6.45, 7) is 9.32. The molecule has 9 aromatic rings. The molecule has 0 atom stereocenters. The second-order valence-electron chi connectivity index (χ2n) is 17.1. The molecule has 1 aromatic heterocycles. The fraction of sp³-hybridized carbons (Fsp3) is 0.127. The van der Waals surface area contributed by atoms with Gasteiger partial charge in [-0.05, 0) is 104 Å². The summed E-state index contributed by atoms with van der Waals surface area (Å²) in [6.07, 6.45) is 1.06. The second kappa shape index (κ2) is 13.8. The van der Waals surface area contributed by atoms with E-state index >= 15 is 0 Å². The minimum Gasteiger partial charge on any atom is -0.308 e. The number of anilines is 3. The molecule has 282 valence electrons. The Balaban J connectivity index is 1.13. The van der Waals surface area contributed by atoms with Crippen molar-refractivity contribution in [3.05, 3.63) is 186 Å². The molecule has 59 heavy (non-hydrogen) atoms. The lowest BCUT2D eigenvalue weighted by atomic mass is 9.82. The van der Waals surface area contributed by atoms with E-state index in [1.807, 2.05) is 6.07 Å². The zero-order chi connectivity index (χ0) is 40.5. The predicted molar refractivity (Wildman–Crippen MR) is 248 cm³/mol. The molecule has 1 aliphatic rings. The molecular formula is C55H41N3S. The zero-order valence-corrected chi connectivity index (χ0v) is 34.4. The second-order valence-corrected chi connectivity index (χ2v) is 18.1. The van der Waals surface area contributed by atoms with Crippen LogP contribution in [0.25, 0.3) is 64.3 Å². The fourth-order valence-corrected chi connectivity index (χ4v) is 11.1. The molecule has 0 spiro atoms. The van der Waals surface area contributed by atoms with Crippen LogP contribution < -0.4 is 4.90 Å². The van der Waals surface area contributed by atoms with Gasteiger partial charge in [-0.3, -0.25) is 0 Å². The first-order valence-electron chi connectivity index (χ1n) is 20.2. The molecule has 0 fully saturated rings. The van der Waals surface area contributed by atoms with Gasteiger partial charge in [0.25, 0.3) is 0 Å². The van der Waals surface area contributed by atoms with Crippen molar-refractivity contribution in [3.8, 4) is 45.5 Å². The standard InChI is InChI=1S/C55H41N3S/c1-54(2)34-55(3,4)48-31-51-45(30-47(48)54)52-46(33-57)40(32-56)29-50(53(52)59-51)58(49-20-12-16-38-15-8-9-19-44(38)49)41-27-25-36(26-28-41)35-21-23-39(24-22-35)43-18-11-10-17-42(43)37-13-6-5-7-14-37/h5-31H,34H2,1-4H3. The van der Waals surface area contributed by atoms with Crippen LogP contribution >= 0.6 is 11.3 Å². The summed E-state index contributed by atoms with van der Waals surface area (Å²) in [4.78, 5) is 2.29. The number of rotatable bonds is 6. The maximum Gasteiger partial charge on any atom is 0.101 e. The summed E-state index contributed by atoms with van der Waals surface area (Å²) in [5.41, 5.74) is 13.4. The van der Waals surface area contributed by atoms with Crippen LogP contribution in [0.1, 0.15) is 56.4 Å². The first-order valence-corrected chi connectivity index (χ1v) is 21.0. The summed E-state index contributed by atoms with van der Waals surface area (Å²) in [7, 11) is 0. The Bertz CT molecular complexity index is 3190. The molecule has 3 nitrogen and oxygen atoms in total. The van der Waals surface area contributed by atoms with E-state index in [0.717, 1.165) is 65.6 Å². The Labute approximate surface area is 349 Å². The maximum absolute atomic E-state index is 10.7. The topological polar surface area (TPSA) is 50.8 Å². The molecule has 0 saturated carbocycles. The molecular weight excluding hydrogens is 735 g/mol. The van der Waals surface area contributed by atoms with E-state index in [9.17, 15) is 10.5 Å². The van der Waals surface area contributed by atoms with Crippen molar-refractivity contribution in [3.63, 3.8) is 0 Å². The Hall–Kier alpha value is -6.98. The number of nitriles is 2. The van der Waals surface area contributed by atoms with E-state index in [-0.39, 0.29) is 10.8 Å². The molecule has 1 aliphatic carbocycles. The molecule has 0 unspecified atom stereocenters. The lowest BCUT2D eigenvalue weighted by molar-refractivity contribution is 0.403. The molecule has 0 amide bonds. The van der Waals surface area contributed by atoms with Gasteiger partial charge >= 0.3 is 0 Å². The molecule has 0 aliphatic heterocycles. The van der Waals surface area contributed by atoms with Crippen LogP contribution in [-0.2, 0) is 10.8 Å². The van der Waals surface area contributed by atoms with Crippen molar-refractivity contribution in [1.29, 1.82) is 10.5 Å². The van der Waals surface area contributed by atoms with Crippen molar-refractivity contribution >= 4 is 59.3 Å². The Kier molecular flexibility index (Phi) is 8.53. The highest BCUT2D eigenvalue weighted by Gasteiger charge is 2.42. The Morgan fingerprint density at radius 3 is 1.78 bits per heavy atom. The Morgan fingerprint density at radius 1 is 0.525 bits per heavy atom. The van der Waals surface area contributed by atoms with Crippen LogP contribution in [0.3, 0.4) is 0 Å². The van der Waals surface area contributed by atoms with Gasteiger partial charge in [-0.2, -0.15) is 10.5 Å². The van der Waals surface area contributed by atoms with Gasteiger partial charge in [0, 0.05) is 26.5 Å². The van der Waals surface area contributed by atoms with E-state index in [2.05, 4.69) is 202 Å². The minimum atomic E-state index is -0.00648. The molecule has 0 bridgehead atoms. The summed E-state index contributed by atoms with van der Waals surface area (Å²) < 4.78 is 2.14. The van der Waals surface area contributed by atoms with Gasteiger partial charge in [0.15, 0.2) is 0 Å². The largest absolute Gasteiger partial charge is 0.308 e. The minimum absolute atomic E-state index is 0.00648. The normalized spacial score (nSPS) is 13.9. The van der Waals surface area contributed by atoms with E-state index in [1.54, 1.807) is 11.3 Å². The number of fused-ring (bicyclic) bond motifs is 5. The van der Waals surface area contributed by atoms with Gasteiger partial charge in [0.1, 0.15) is 12.1 Å². The molecule has 0 radical (unpaired) electrons. The van der Waals surface area contributed by atoms with Crippen molar-refractivity contribution in [2.75, 3.05) is 4.90 Å². The van der Waals surface area contributed by atoms with Crippen LogP contribution in [0.4, 0.5) is 17.1 Å². The summed E-state index contributed by atoms with van der Waals surface area (Å²) in [5, 5.41) is 25.5. The van der Waals surface area contributed by atoms with Crippen LogP contribution in [0.5, 0.6) is 0 Å². The van der Waals surface area contributed by atoms with Gasteiger partial charge < -0.3 is 4.90 Å². The number of benzene rings is 8. The number of nitrogens with zero attached hydrogens (tertiary/aromatic N) is 3. The van der Waals surface area contributed by atoms with Gasteiger partial charge in [-0.25, -0.2) is 0 Å². The van der Waals surface area contributed by atoms with E-state index in [0.29, 0.717) is 11.1 Å². The number of hydrogen-bond donors (Lipinski definition) is 0. The third-order valence-corrected chi connectivity index (χ3v) is 13.5. The van der Waals surface area contributed by atoms with Crippen molar-refractivity contribution in [1.82, 2.24) is 0 Å². The first-order chi connectivity index (χ1) is 28.6. The monoisotopic (exact) mass is 775 g/mol. The molecule has 4 heteroatoms. The predicted octanol–water partition coefficient (Wildman–Crippen LogP) is 15.4. The number of thiophene rings is 1. The molecule has 1 heterocycles. The maximum atomic E-state index is 10.7. The van der Waals surface area contributed by atoms with Crippen LogP contribution in [0, 0.1) is 22.7 Å². The lowest BCUT2D eigenvalue weighted by Gasteiger charge is -2.28. The fourth-order valence-electron chi connectivity index (χ4n) is 9.83. The van der Waals surface area contributed by atoms with E-state index in [1.165, 1.54) is 33.4 Å². The first kappa shape index (κ1) is 36.4. The van der Waals surface area contributed by atoms with Gasteiger partial charge in [0.2, 0.25) is 0 Å². The van der Waals surface area contributed by atoms with Crippen LogP contribution in [0.2, 0.25) is 0 Å². The quantitative estimate of drug-likeness (QED) is 0.169. The average molecular weight is 776 g/mol. The van der Waals surface area contributed by atoms with Crippen molar-refractivity contribution in [2.45, 2.75) is 44.9 Å². The van der Waals surface area contributed by atoms with Gasteiger partial charge in [0.05, 0.1) is 27.2 Å². The summed E-state index contributed by atoms with van der Waals surface area (Å²) in [6, 6.07) is 63.0. The SMILES string of the molecule is CC1(C)CC(C)(C)c2cc3c(cc21)sc1c(N(c2ccc(-c4ccc(-c5ccccc5-c5ccccc5)cc4)cc2)c2cccc4ccccc24)cc(C#N)c(C#N)c13.